The summed E-state index contributed by atoms with van der Waals surface area (Å²) in [5.41, 5.74) is 6.45. The average Bonchev–Trinajstić information content (AvgIpc) is 3.44. The van der Waals surface area contributed by atoms with Crippen LogP contribution < -0.4 is 5.73 Å². The van der Waals surface area contributed by atoms with Crippen molar-refractivity contribution in [2.45, 2.75) is 44.8 Å². The van der Waals surface area contributed by atoms with Crippen LogP contribution in [0.1, 0.15) is 23.4 Å². The van der Waals surface area contributed by atoms with Gasteiger partial charge in [-0.15, -0.1) is 16.4 Å². The fraction of sp³-hybridized carbons (Fsp3) is 0.455. The zero-order valence-electron chi connectivity index (χ0n) is 20.0. The van der Waals surface area contributed by atoms with Gasteiger partial charge in [-0.1, -0.05) is 35.0 Å². The predicted molar refractivity (Wildman–Crippen MR) is 130 cm³/mol. The third-order valence-electron chi connectivity index (χ3n) is 5.40. The molecule has 216 valence electrons. The van der Waals surface area contributed by atoms with E-state index >= 15 is 0 Å². The first kappa shape index (κ1) is 32.3. The second-order valence-electron chi connectivity index (χ2n) is 8.30. The highest BCUT2D eigenvalue weighted by atomic mass is 35.5. The number of alkyl halides is 6. The quantitative estimate of drug-likeness (QED) is 0.355. The molecule has 1 saturated heterocycles. The van der Waals surface area contributed by atoms with E-state index in [9.17, 15) is 26.3 Å². The van der Waals surface area contributed by atoms with Gasteiger partial charge in [0.05, 0.1) is 10.7 Å². The van der Waals surface area contributed by atoms with Crippen LogP contribution in [0.4, 0.5) is 26.3 Å². The smallest absolute Gasteiger partial charge is 0.475 e. The lowest BCUT2D eigenvalue weighted by Crippen LogP contribution is -2.34. The molecule has 0 saturated carbocycles. The number of nitrogens with zero attached hydrogens (tertiary/aromatic N) is 4. The monoisotopic (exact) mass is 603 g/mol. The van der Waals surface area contributed by atoms with Gasteiger partial charge in [-0.3, -0.25) is 9.58 Å². The number of fused-ring (bicyclic) bond motifs is 1. The minimum Gasteiger partial charge on any atom is -0.475 e. The average molecular weight is 604 g/mol. The normalized spacial score (nSPS) is 14.8. The Morgan fingerprint density at radius 3 is 2.05 bits per heavy atom. The Morgan fingerprint density at radius 2 is 1.59 bits per heavy atom. The molecule has 4 rings (SSSR count). The number of carboxylic acid groups (broad SMARTS) is 2. The van der Waals surface area contributed by atoms with Gasteiger partial charge in [0.2, 0.25) is 0 Å². The molecule has 0 spiro atoms. The highest BCUT2D eigenvalue weighted by molar-refractivity contribution is 7.19. The zero-order valence-corrected chi connectivity index (χ0v) is 21.6. The van der Waals surface area contributed by atoms with Crippen molar-refractivity contribution in [2.24, 2.45) is 11.7 Å². The number of aromatic nitrogens is 3. The molecule has 3 heterocycles. The van der Waals surface area contributed by atoms with Gasteiger partial charge in [0.1, 0.15) is 0 Å². The topological polar surface area (TPSA) is 135 Å². The lowest BCUT2D eigenvalue weighted by molar-refractivity contribution is -0.193. The molecule has 1 aromatic carbocycles. The molecule has 0 unspecified atom stereocenters. The van der Waals surface area contributed by atoms with Crippen molar-refractivity contribution >= 4 is 45.0 Å². The number of aliphatic carboxylic acids is 2. The maximum Gasteiger partial charge on any atom is 0.490 e. The Bertz CT molecular complexity index is 1220. The number of likely N-dealkylation sites (tertiary alicyclic amines) is 1. The summed E-state index contributed by atoms with van der Waals surface area (Å²) < 4.78 is 66.7. The number of carboxylic acids is 2. The van der Waals surface area contributed by atoms with E-state index in [1.165, 1.54) is 27.8 Å². The number of thiophene rings is 1. The summed E-state index contributed by atoms with van der Waals surface area (Å²) in [4.78, 5) is 21.6. The number of carbonyl (C=O) groups is 2. The largest absolute Gasteiger partial charge is 0.490 e. The van der Waals surface area contributed by atoms with Crippen LogP contribution in [0.2, 0.25) is 5.02 Å². The van der Waals surface area contributed by atoms with E-state index in [0.717, 1.165) is 36.9 Å². The molecule has 0 aliphatic carbocycles. The number of rotatable bonds is 5. The lowest BCUT2D eigenvalue weighted by Gasteiger charge is -2.31. The Hall–Kier alpha value is -2.95. The molecular formula is C22H24ClF6N5O4S. The van der Waals surface area contributed by atoms with E-state index in [0.29, 0.717) is 12.5 Å². The summed E-state index contributed by atoms with van der Waals surface area (Å²) in [5.74, 6) is -4.86. The molecule has 1 fully saturated rings. The Morgan fingerprint density at radius 1 is 1.05 bits per heavy atom. The molecule has 4 N–H and O–H groups in total. The molecule has 0 radical (unpaired) electrons. The van der Waals surface area contributed by atoms with Crippen LogP contribution in [-0.4, -0.2) is 67.5 Å². The van der Waals surface area contributed by atoms with Gasteiger partial charge in [0.25, 0.3) is 0 Å². The second-order valence-corrected chi connectivity index (χ2v) is 9.81. The third kappa shape index (κ3) is 10.3. The first-order valence-electron chi connectivity index (χ1n) is 11.2. The molecule has 3 aromatic rings. The molecule has 1 aliphatic rings. The number of hydrogen-bond acceptors (Lipinski definition) is 7. The highest BCUT2D eigenvalue weighted by Gasteiger charge is 2.38. The fourth-order valence-corrected chi connectivity index (χ4v) is 5.02. The van der Waals surface area contributed by atoms with Gasteiger partial charge in [-0.2, -0.15) is 26.3 Å². The van der Waals surface area contributed by atoms with Crippen molar-refractivity contribution < 1.29 is 46.1 Å². The highest BCUT2D eigenvalue weighted by Crippen LogP contribution is 2.36. The molecular weight excluding hydrogens is 580 g/mol. The summed E-state index contributed by atoms with van der Waals surface area (Å²) >= 11 is 8.40. The van der Waals surface area contributed by atoms with Gasteiger partial charge in [0, 0.05) is 40.8 Å². The van der Waals surface area contributed by atoms with E-state index in [2.05, 4.69) is 39.5 Å². The number of halogens is 7. The molecule has 9 nitrogen and oxygen atoms in total. The predicted octanol–water partition coefficient (Wildman–Crippen LogP) is 4.78. The number of benzene rings is 1. The van der Waals surface area contributed by atoms with Crippen molar-refractivity contribution in [3.63, 3.8) is 0 Å². The van der Waals surface area contributed by atoms with Crippen LogP contribution in [0.25, 0.3) is 10.1 Å². The van der Waals surface area contributed by atoms with Crippen molar-refractivity contribution in [3.05, 3.63) is 46.1 Å². The van der Waals surface area contributed by atoms with E-state index in [1.807, 2.05) is 22.2 Å². The third-order valence-corrected chi connectivity index (χ3v) is 7.10. The minimum atomic E-state index is -5.08. The zero-order chi connectivity index (χ0) is 29.4. The number of hydrogen-bond donors (Lipinski definition) is 3. The van der Waals surface area contributed by atoms with Crippen LogP contribution >= 0.6 is 22.9 Å². The maximum atomic E-state index is 10.6. The SMILES string of the molecule is NCc1cn(CC2CCN(Cc3sc4ccccc4c3Cl)CC2)nn1.O=C(O)C(F)(F)F.O=C(O)C(F)(F)F. The Labute approximate surface area is 226 Å². The van der Waals surface area contributed by atoms with Crippen LogP contribution in [0.5, 0.6) is 0 Å². The summed E-state index contributed by atoms with van der Waals surface area (Å²) in [6.45, 7) is 4.55. The molecule has 1 aliphatic heterocycles. The van der Waals surface area contributed by atoms with Crippen molar-refractivity contribution in [1.82, 2.24) is 19.9 Å². The molecule has 0 amide bonds. The van der Waals surface area contributed by atoms with Crippen LogP contribution in [0.15, 0.2) is 30.5 Å². The first-order chi connectivity index (χ1) is 18.1. The minimum absolute atomic E-state index is 0.453. The molecule has 2 aromatic heterocycles. The fourth-order valence-electron chi connectivity index (χ4n) is 3.48. The van der Waals surface area contributed by atoms with E-state index in [1.54, 1.807) is 0 Å². The van der Waals surface area contributed by atoms with E-state index < -0.39 is 24.3 Å². The molecule has 0 atom stereocenters. The lowest BCUT2D eigenvalue weighted by atomic mass is 9.97. The summed E-state index contributed by atoms with van der Waals surface area (Å²) in [5, 5.41) is 24.6. The van der Waals surface area contributed by atoms with Crippen molar-refractivity contribution in [1.29, 1.82) is 0 Å². The van der Waals surface area contributed by atoms with Crippen molar-refractivity contribution in [2.75, 3.05) is 13.1 Å². The Kier molecular flexibility index (Phi) is 11.5. The van der Waals surface area contributed by atoms with E-state index in [-0.39, 0.29) is 0 Å². The van der Waals surface area contributed by atoms with Crippen LogP contribution in [0, 0.1) is 5.92 Å². The molecule has 39 heavy (non-hydrogen) atoms. The van der Waals surface area contributed by atoms with Gasteiger partial charge in [-0.05, 0) is 37.9 Å². The van der Waals surface area contributed by atoms with Gasteiger partial charge < -0.3 is 15.9 Å². The Balaban J connectivity index is 0.000000317. The second kappa shape index (κ2) is 13.9. The number of piperidine rings is 1. The van der Waals surface area contributed by atoms with Gasteiger partial charge in [-0.25, -0.2) is 9.59 Å². The number of nitrogens with two attached hydrogens (primary N) is 1. The standard InChI is InChI=1S/C18H22ClN5S.2C2HF3O2/c19-18-15-3-1-2-4-16(15)25-17(18)12-23-7-5-13(6-8-23)10-24-11-14(9-20)21-22-24;2*3-2(4,5)1(6)7/h1-4,11,13H,5-10,12,20H2;2*(H,6,7). The molecule has 17 heteroatoms. The van der Waals surface area contributed by atoms with Crippen LogP contribution in [0.3, 0.4) is 0 Å². The summed E-state index contributed by atoms with van der Waals surface area (Å²) in [6.07, 6.45) is -5.84. The van der Waals surface area contributed by atoms with E-state index in [4.69, 9.17) is 37.1 Å². The van der Waals surface area contributed by atoms with Crippen LogP contribution in [-0.2, 0) is 29.2 Å². The van der Waals surface area contributed by atoms with Gasteiger partial charge >= 0.3 is 24.3 Å². The van der Waals surface area contributed by atoms with Gasteiger partial charge in [0.15, 0.2) is 0 Å². The summed E-state index contributed by atoms with van der Waals surface area (Å²) in [7, 11) is 0. The van der Waals surface area contributed by atoms with Crippen molar-refractivity contribution in [3.8, 4) is 0 Å². The summed E-state index contributed by atoms with van der Waals surface area (Å²) in [6, 6.07) is 8.38. The maximum absolute atomic E-state index is 10.6. The molecule has 0 bridgehead atoms. The first-order valence-corrected chi connectivity index (χ1v) is 12.4.